The number of amides is 2. The maximum Gasteiger partial charge on any atom is 0.319 e. The van der Waals surface area contributed by atoms with Gasteiger partial charge in [0.25, 0.3) is 0 Å². The molecule has 0 aromatic carbocycles. The first-order chi connectivity index (χ1) is 8.06. The Labute approximate surface area is 108 Å². The molecule has 1 N–H and O–H groups in total. The van der Waals surface area contributed by atoms with Crippen LogP contribution in [0.25, 0.3) is 0 Å². The summed E-state index contributed by atoms with van der Waals surface area (Å²) in [5, 5.41) is 3.76. The van der Waals surface area contributed by atoms with Crippen LogP contribution in [0.4, 0.5) is 4.79 Å². The summed E-state index contributed by atoms with van der Waals surface area (Å²) in [5.41, 5.74) is 0. The monoisotopic (exact) mass is 257 g/mol. The molecule has 0 aromatic heterocycles. The van der Waals surface area contributed by atoms with Gasteiger partial charge in [0.05, 0.1) is 4.87 Å². The summed E-state index contributed by atoms with van der Waals surface area (Å²) in [6, 6.07) is 0.811. The highest BCUT2D eigenvalue weighted by molar-refractivity contribution is 8.00. The first kappa shape index (κ1) is 13.0. The summed E-state index contributed by atoms with van der Waals surface area (Å²) in [7, 11) is 3.64. The number of rotatable bonds is 1. The van der Waals surface area contributed by atoms with Crippen LogP contribution in [-0.2, 0) is 0 Å². The van der Waals surface area contributed by atoms with Crippen molar-refractivity contribution in [1.29, 1.82) is 0 Å². The summed E-state index contributed by atoms with van der Waals surface area (Å²) >= 11 is 2.06. The number of carbonyl (C=O) groups is 1. The van der Waals surface area contributed by atoms with E-state index in [4.69, 9.17) is 0 Å². The smallest absolute Gasteiger partial charge is 0.319 e. The molecule has 2 heterocycles. The lowest BCUT2D eigenvalue weighted by Crippen LogP contribution is -2.53. The molecule has 2 rings (SSSR count). The van der Waals surface area contributed by atoms with E-state index >= 15 is 0 Å². The Bertz CT molecular complexity index is 287. The molecule has 98 valence electrons. The van der Waals surface area contributed by atoms with E-state index in [2.05, 4.69) is 24.0 Å². The van der Waals surface area contributed by atoms with Gasteiger partial charge in [-0.1, -0.05) is 6.92 Å². The molecule has 0 aliphatic carbocycles. The summed E-state index contributed by atoms with van der Waals surface area (Å²) < 4.78 is 0. The van der Waals surface area contributed by atoms with Gasteiger partial charge in [-0.3, -0.25) is 5.32 Å². The molecule has 0 aromatic rings. The minimum Gasteiger partial charge on any atom is -0.331 e. The van der Waals surface area contributed by atoms with Crippen molar-refractivity contribution in [2.75, 3.05) is 32.9 Å². The van der Waals surface area contributed by atoms with Gasteiger partial charge in [-0.2, -0.15) is 0 Å². The number of hydrogen-bond donors (Lipinski definition) is 1. The molecule has 1 atom stereocenters. The second kappa shape index (κ2) is 5.06. The van der Waals surface area contributed by atoms with Crippen molar-refractivity contribution in [3.63, 3.8) is 0 Å². The largest absolute Gasteiger partial charge is 0.331 e. The molecule has 2 fully saturated rings. The fourth-order valence-corrected chi connectivity index (χ4v) is 4.13. The minimum absolute atomic E-state index is 0.148. The average molecular weight is 257 g/mol. The Kier molecular flexibility index (Phi) is 3.88. The Balaban J connectivity index is 1.88. The highest BCUT2D eigenvalue weighted by Crippen LogP contribution is 2.39. The average Bonchev–Trinajstić information content (AvgIpc) is 2.73. The third-order valence-electron chi connectivity index (χ3n) is 3.74. The van der Waals surface area contributed by atoms with Crippen LogP contribution in [0.15, 0.2) is 0 Å². The molecule has 4 nitrogen and oxygen atoms in total. The summed E-state index contributed by atoms with van der Waals surface area (Å²) in [5.74, 6) is 1.22. The molecule has 17 heavy (non-hydrogen) atoms. The van der Waals surface area contributed by atoms with E-state index in [9.17, 15) is 4.79 Å². The van der Waals surface area contributed by atoms with Gasteiger partial charge in [0.15, 0.2) is 0 Å². The van der Waals surface area contributed by atoms with Gasteiger partial charge >= 0.3 is 6.03 Å². The van der Waals surface area contributed by atoms with Crippen molar-refractivity contribution >= 4 is 17.8 Å². The van der Waals surface area contributed by atoms with E-state index in [1.165, 1.54) is 12.2 Å². The maximum absolute atomic E-state index is 11.8. The highest BCUT2D eigenvalue weighted by atomic mass is 32.2. The SMILES string of the molecule is CCC1CSC2(CCN(C(=O)N(C)C)CC2)N1. The number of urea groups is 1. The quantitative estimate of drug-likeness (QED) is 0.774. The first-order valence-electron chi connectivity index (χ1n) is 6.44. The predicted molar refractivity (Wildman–Crippen MR) is 72.3 cm³/mol. The van der Waals surface area contributed by atoms with Crippen LogP contribution in [0.1, 0.15) is 26.2 Å². The zero-order valence-electron chi connectivity index (χ0n) is 11.0. The zero-order valence-corrected chi connectivity index (χ0v) is 11.8. The van der Waals surface area contributed by atoms with Crippen LogP contribution in [0.5, 0.6) is 0 Å². The Morgan fingerprint density at radius 3 is 2.59 bits per heavy atom. The third-order valence-corrected chi connectivity index (χ3v) is 5.39. The fourth-order valence-electron chi connectivity index (χ4n) is 2.57. The molecular formula is C12H23N3OS. The van der Waals surface area contributed by atoms with Crippen LogP contribution >= 0.6 is 11.8 Å². The second-order valence-corrected chi connectivity index (χ2v) is 6.62. The molecule has 5 heteroatoms. The van der Waals surface area contributed by atoms with Gasteiger partial charge in [0.2, 0.25) is 0 Å². The van der Waals surface area contributed by atoms with Crippen LogP contribution in [0.2, 0.25) is 0 Å². The summed E-state index contributed by atoms with van der Waals surface area (Å²) in [6.07, 6.45) is 3.36. The van der Waals surface area contributed by atoms with E-state index in [1.807, 2.05) is 19.0 Å². The number of nitrogens with one attached hydrogen (secondary N) is 1. The van der Waals surface area contributed by atoms with E-state index < -0.39 is 0 Å². The molecule has 0 saturated carbocycles. The van der Waals surface area contributed by atoms with Crippen LogP contribution in [-0.4, -0.2) is 59.7 Å². The van der Waals surface area contributed by atoms with Gasteiger partial charge in [-0.05, 0) is 19.3 Å². The van der Waals surface area contributed by atoms with Crippen molar-refractivity contribution in [3.05, 3.63) is 0 Å². The Hall–Kier alpha value is -0.420. The third kappa shape index (κ3) is 2.71. The minimum atomic E-state index is 0.148. The number of thioether (sulfide) groups is 1. The van der Waals surface area contributed by atoms with Crippen molar-refractivity contribution in [3.8, 4) is 0 Å². The predicted octanol–water partition coefficient (Wildman–Crippen LogP) is 1.58. The molecule has 0 radical (unpaired) electrons. The van der Waals surface area contributed by atoms with Crippen LogP contribution < -0.4 is 5.32 Å². The summed E-state index contributed by atoms with van der Waals surface area (Å²) in [4.78, 5) is 15.7. The normalized spacial score (nSPS) is 27.5. The van der Waals surface area contributed by atoms with Gasteiger partial charge in [-0.25, -0.2) is 4.79 Å². The highest BCUT2D eigenvalue weighted by Gasteiger charge is 2.41. The van der Waals surface area contributed by atoms with Crippen LogP contribution in [0.3, 0.4) is 0 Å². The molecule has 1 spiro atoms. The first-order valence-corrected chi connectivity index (χ1v) is 7.43. The molecule has 0 bridgehead atoms. The molecule has 2 aliphatic heterocycles. The molecule has 2 amide bonds. The van der Waals surface area contributed by atoms with E-state index in [-0.39, 0.29) is 10.9 Å². The van der Waals surface area contributed by atoms with Crippen LogP contribution in [0, 0.1) is 0 Å². The van der Waals surface area contributed by atoms with Gasteiger partial charge in [-0.15, -0.1) is 11.8 Å². The molecule has 2 aliphatic rings. The Morgan fingerprint density at radius 2 is 2.12 bits per heavy atom. The van der Waals surface area contributed by atoms with Gasteiger partial charge < -0.3 is 9.80 Å². The Morgan fingerprint density at radius 1 is 1.47 bits per heavy atom. The van der Waals surface area contributed by atoms with Crippen molar-refractivity contribution in [2.24, 2.45) is 0 Å². The van der Waals surface area contributed by atoms with Crippen molar-refractivity contribution < 1.29 is 4.79 Å². The number of carbonyl (C=O) groups excluding carboxylic acids is 1. The maximum atomic E-state index is 11.8. The molecular weight excluding hydrogens is 234 g/mol. The number of likely N-dealkylation sites (tertiary alicyclic amines) is 1. The van der Waals surface area contributed by atoms with Gasteiger partial charge in [0, 0.05) is 39.0 Å². The van der Waals surface area contributed by atoms with E-state index in [0.717, 1.165) is 25.9 Å². The second-order valence-electron chi connectivity index (χ2n) is 5.22. The number of nitrogens with zero attached hydrogens (tertiary/aromatic N) is 2. The lowest BCUT2D eigenvalue weighted by Gasteiger charge is -2.40. The standard InChI is InChI=1S/C12H23N3OS/c1-4-10-9-17-12(13-10)5-7-15(8-6-12)11(16)14(2)3/h10,13H,4-9H2,1-3H3. The van der Waals surface area contributed by atoms with Crippen molar-refractivity contribution in [1.82, 2.24) is 15.1 Å². The van der Waals surface area contributed by atoms with E-state index in [1.54, 1.807) is 4.90 Å². The topological polar surface area (TPSA) is 35.6 Å². The number of hydrogen-bond acceptors (Lipinski definition) is 3. The lowest BCUT2D eigenvalue weighted by atomic mass is 10.0. The van der Waals surface area contributed by atoms with Gasteiger partial charge in [0.1, 0.15) is 0 Å². The lowest BCUT2D eigenvalue weighted by molar-refractivity contribution is 0.147. The molecule has 1 unspecified atom stereocenters. The fraction of sp³-hybridized carbons (Fsp3) is 0.917. The summed E-state index contributed by atoms with van der Waals surface area (Å²) in [6.45, 7) is 4.00. The zero-order chi connectivity index (χ0) is 12.5. The molecule has 2 saturated heterocycles. The van der Waals surface area contributed by atoms with Crippen molar-refractivity contribution in [2.45, 2.75) is 37.1 Å². The van der Waals surface area contributed by atoms with E-state index in [0.29, 0.717) is 6.04 Å². The number of piperidine rings is 1.